The van der Waals surface area contributed by atoms with Crippen molar-refractivity contribution in [2.24, 2.45) is 11.7 Å². The number of hydrogen-bond acceptors (Lipinski definition) is 6. The van der Waals surface area contributed by atoms with Gasteiger partial charge in [-0.25, -0.2) is 0 Å². The van der Waals surface area contributed by atoms with Crippen molar-refractivity contribution in [1.82, 2.24) is 0 Å². The summed E-state index contributed by atoms with van der Waals surface area (Å²) >= 11 is 0. The van der Waals surface area contributed by atoms with Gasteiger partial charge in [0.15, 0.2) is 12.6 Å². The summed E-state index contributed by atoms with van der Waals surface area (Å²) in [6.07, 6.45) is -2.12. The molecule has 1 aromatic rings. The Labute approximate surface area is 123 Å². The van der Waals surface area contributed by atoms with E-state index in [0.29, 0.717) is 13.2 Å². The molecule has 0 spiro atoms. The van der Waals surface area contributed by atoms with Crippen molar-refractivity contribution in [3.63, 3.8) is 0 Å². The minimum Gasteiger partial charge on any atom is -0.391 e. The van der Waals surface area contributed by atoms with Gasteiger partial charge in [-0.05, 0) is 0 Å². The molecule has 3 N–H and O–H groups in total. The summed E-state index contributed by atoms with van der Waals surface area (Å²) in [6.45, 7) is 0.656. The van der Waals surface area contributed by atoms with Crippen LogP contribution in [0.15, 0.2) is 30.3 Å². The first-order valence-corrected chi connectivity index (χ1v) is 7.10. The number of aliphatic hydroxyl groups is 1. The molecule has 2 aliphatic heterocycles. The molecule has 0 aromatic heterocycles. The number of fused-ring (bicyclic) bond motifs is 1. The summed E-state index contributed by atoms with van der Waals surface area (Å²) in [5.41, 5.74) is 6.88. The molecule has 116 valence electrons. The number of rotatable bonds is 2. The van der Waals surface area contributed by atoms with E-state index in [1.807, 2.05) is 30.3 Å². The Hall–Kier alpha value is -1.02. The maximum absolute atomic E-state index is 10.3. The number of nitrogens with two attached hydrogens (primary N) is 1. The average molecular weight is 295 g/mol. The number of hydrogen-bond donors (Lipinski definition) is 2. The zero-order valence-electron chi connectivity index (χ0n) is 11.9. The highest BCUT2D eigenvalue weighted by atomic mass is 16.7. The van der Waals surface area contributed by atoms with Gasteiger partial charge in [0.1, 0.15) is 0 Å². The molecule has 2 fully saturated rings. The molecular weight excluding hydrogens is 274 g/mol. The minimum absolute atomic E-state index is 0.222. The van der Waals surface area contributed by atoms with E-state index >= 15 is 0 Å². The molecule has 0 aliphatic carbocycles. The first-order chi connectivity index (χ1) is 10.2. The molecule has 6 nitrogen and oxygen atoms in total. The Morgan fingerprint density at radius 2 is 1.90 bits per heavy atom. The van der Waals surface area contributed by atoms with Crippen LogP contribution in [-0.2, 0) is 18.9 Å². The largest absolute Gasteiger partial charge is 0.391 e. The Balaban J connectivity index is 1.73. The monoisotopic (exact) mass is 295 g/mol. The Kier molecular flexibility index (Phi) is 4.54. The van der Waals surface area contributed by atoms with Crippen molar-refractivity contribution in [3.8, 4) is 0 Å². The van der Waals surface area contributed by atoms with Gasteiger partial charge in [-0.2, -0.15) is 0 Å². The molecule has 2 heterocycles. The van der Waals surface area contributed by atoms with E-state index in [1.165, 1.54) is 7.11 Å². The van der Waals surface area contributed by atoms with E-state index in [-0.39, 0.29) is 12.0 Å². The lowest BCUT2D eigenvalue weighted by Gasteiger charge is -2.41. The van der Waals surface area contributed by atoms with Gasteiger partial charge in [0.05, 0.1) is 31.5 Å². The van der Waals surface area contributed by atoms with Crippen LogP contribution in [0.2, 0.25) is 0 Å². The van der Waals surface area contributed by atoms with Crippen LogP contribution in [-0.4, -0.2) is 50.0 Å². The number of methoxy groups -OCH3 is 1. The summed E-state index contributed by atoms with van der Waals surface area (Å²) in [4.78, 5) is 0. The fraction of sp³-hybridized carbons (Fsp3) is 0.600. The molecule has 2 saturated heterocycles. The van der Waals surface area contributed by atoms with Crippen LogP contribution < -0.4 is 5.73 Å². The van der Waals surface area contributed by atoms with E-state index in [0.717, 1.165) is 5.56 Å². The predicted molar refractivity (Wildman–Crippen MR) is 74.2 cm³/mol. The minimum atomic E-state index is -0.744. The van der Waals surface area contributed by atoms with Crippen LogP contribution in [0.25, 0.3) is 0 Å². The van der Waals surface area contributed by atoms with Crippen molar-refractivity contribution in [2.75, 3.05) is 20.3 Å². The average Bonchev–Trinajstić information content (AvgIpc) is 2.74. The van der Waals surface area contributed by atoms with Crippen LogP contribution in [0, 0.1) is 5.92 Å². The Bertz CT molecular complexity index is 457. The quantitative estimate of drug-likeness (QED) is 0.822. The second kappa shape index (κ2) is 6.39. The fourth-order valence-corrected chi connectivity index (χ4v) is 2.84. The molecule has 0 saturated carbocycles. The smallest absolute Gasteiger partial charge is 0.183 e. The zero-order valence-corrected chi connectivity index (χ0v) is 11.9. The lowest BCUT2D eigenvalue weighted by molar-refractivity contribution is -0.242. The molecule has 21 heavy (non-hydrogen) atoms. The standard InChI is InChI=1S/C15H21NO5/c1-18-15-12(16)13(17)10-7-19-14(20-8-11(10)21-15)9-5-3-2-4-6-9/h2-6,10-15,17H,7-8,16H2,1H3/t10-,11?,12-,13?,14?,15-/m0/s1. The number of ether oxygens (including phenoxy) is 4. The third kappa shape index (κ3) is 2.96. The summed E-state index contributed by atoms with van der Waals surface area (Å²) in [6, 6.07) is 9.11. The topological polar surface area (TPSA) is 83.2 Å². The summed E-state index contributed by atoms with van der Waals surface area (Å²) in [5.74, 6) is -0.222. The maximum Gasteiger partial charge on any atom is 0.183 e. The second-order valence-electron chi connectivity index (χ2n) is 5.42. The highest BCUT2D eigenvalue weighted by Gasteiger charge is 2.45. The van der Waals surface area contributed by atoms with E-state index in [1.54, 1.807) is 0 Å². The molecule has 6 atom stereocenters. The van der Waals surface area contributed by atoms with Crippen LogP contribution in [0.3, 0.4) is 0 Å². The summed E-state index contributed by atoms with van der Waals surface area (Å²) in [5, 5.41) is 10.3. The molecule has 1 aromatic carbocycles. The van der Waals surface area contributed by atoms with Gasteiger partial charge < -0.3 is 29.8 Å². The Morgan fingerprint density at radius 3 is 2.62 bits per heavy atom. The van der Waals surface area contributed by atoms with Crippen LogP contribution in [0.1, 0.15) is 11.9 Å². The van der Waals surface area contributed by atoms with E-state index in [2.05, 4.69) is 0 Å². The van der Waals surface area contributed by atoms with E-state index < -0.39 is 24.7 Å². The van der Waals surface area contributed by atoms with E-state index in [4.69, 9.17) is 24.7 Å². The highest BCUT2D eigenvalue weighted by molar-refractivity contribution is 5.16. The first-order valence-electron chi connectivity index (χ1n) is 7.10. The Morgan fingerprint density at radius 1 is 1.19 bits per heavy atom. The van der Waals surface area contributed by atoms with Gasteiger partial charge in [-0.3, -0.25) is 0 Å². The molecule has 6 heteroatoms. The van der Waals surface area contributed by atoms with Gasteiger partial charge in [-0.15, -0.1) is 0 Å². The number of benzene rings is 1. The zero-order chi connectivity index (χ0) is 14.8. The van der Waals surface area contributed by atoms with Gasteiger partial charge in [0, 0.05) is 18.6 Å². The maximum atomic E-state index is 10.3. The molecule has 3 unspecified atom stereocenters. The van der Waals surface area contributed by atoms with Gasteiger partial charge >= 0.3 is 0 Å². The van der Waals surface area contributed by atoms with Crippen molar-refractivity contribution in [2.45, 2.75) is 30.8 Å². The van der Waals surface area contributed by atoms with Gasteiger partial charge in [-0.1, -0.05) is 30.3 Å². The van der Waals surface area contributed by atoms with Crippen molar-refractivity contribution < 1.29 is 24.1 Å². The fourth-order valence-electron chi connectivity index (χ4n) is 2.84. The summed E-state index contributed by atoms with van der Waals surface area (Å²) in [7, 11) is 1.51. The van der Waals surface area contributed by atoms with Crippen LogP contribution >= 0.6 is 0 Å². The lowest BCUT2D eigenvalue weighted by atomic mass is 9.89. The molecule has 0 bridgehead atoms. The number of aliphatic hydroxyl groups excluding tert-OH is 1. The molecule has 3 rings (SSSR count). The molecule has 0 radical (unpaired) electrons. The van der Waals surface area contributed by atoms with Crippen molar-refractivity contribution in [3.05, 3.63) is 35.9 Å². The normalized spacial score (nSPS) is 40.3. The van der Waals surface area contributed by atoms with Gasteiger partial charge in [0.25, 0.3) is 0 Å². The predicted octanol–water partition coefficient (Wildman–Crippen LogP) is 0.408. The third-order valence-electron chi connectivity index (χ3n) is 4.09. The SMILES string of the molecule is CO[C@H]1OC2COC(c3ccccc3)OC[C@@H]2C(O)[C@@H]1N. The van der Waals surface area contributed by atoms with E-state index in [9.17, 15) is 5.11 Å². The third-order valence-corrected chi connectivity index (χ3v) is 4.09. The molecular formula is C15H21NO5. The molecule has 2 aliphatic rings. The second-order valence-corrected chi connectivity index (χ2v) is 5.42. The van der Waals surface area contributed by atoms with Crippen LogP contribution in [0.5, 0.6) is 0 Å². The van der Waals surface area contributed by atoms with Crippen molar-refractivity contribution >= 4 is 0 Å². The first kappa shape index (κ1) is 14.9. The van der Waals surface area contributed by atoms with Gasteiger partial charge in [0.2, 0.25) is 0 Å². The van der Waals surface area contributed by atoms with Crippen LogP contribution in [0.4, 0.5) is 0 Å². The van der Waals surface area contributed by atoms with Crippen molar-refractivity contribution in [1.29, 1.82) is 0 Å². The lowest BCUT2D eigenvalue weighted by Crippen LogP contribution is -2.60. The molecule has 0 amide bonds. The summed E-state index contributed by atoms with van der Waals surface area (Å²) < 4.78 is 22.5. The highest BCUT2D eigenvalue weighted by Crippen LogP contribution is 2.32.